The molecule has 3 nitrogen and oxygen atoms in total. The molecule has 2 rings (SSSR count). The van der Waals surface area contributed by atoms with Gasteiger partial charge in [0.2, 0.25) is 0 Å². The molecule has 0 amide bonds. The minimum atomic E-state index is 0.267. The first-order valence-electron chi connectivity index (χ1n) is 4.63. The molecule has 0 aliphatic carbocycles. The van der Waals surface area contributed by atoms with Gasteiger partial charge in [0.1, 0.15) is 17.5 Å². The number of halogens is 1. The van der Waals surface area contributed by atoms with Crippen LogP contribution in [0.25, 0.3) is 11.1 Å². The van der Waals surface area contributed by atoms with E-state index in [0.29, 0.717) is 5.56 Å². The van der Waals surface area contributed by atoms with Gasteiger partial charge in [0.05, 0.1) is 0 Å². The smallest absolute Gasteiger partial charge is 0.141 e. The van der Waals surface area contributed by atoms with Crippen LogP contribution in [-0.2, 0) is 0 Å². The largest absolute Gasteiger partial charge is 0.383 e. The molecule has 1 aromatic carbocycles. The molecule has 2 aromatic rings. The van der Waals surface area contributed by atoms with Gasteiger partial charge in [-0.15, -0.1) is 0 Å². The fourth-order valence-corrected chi connectivity index (χ4v) is 1.73. The van der Waals surface area contributed by atoms with Crippen molar-refractivity contribution in [2.75, 3.05) is 5.73 Å². The van der Waals surface area contributed by atoms with Gasteiger partial charge in [-0.05, 0) is 23.8 Å². The summed E-state index contributed by atoms with van der Waals surface area (Å²) in [6.07, 6.45) is 1.60. The SMILES string of the molecule is N#Cc1c(-c2ccc(Br)cc2)ccnc1N. The summed E-state index contributed by atoms with van der Waals surface area (Å²) in [6.45, 7) is 0. The van der Waals surface area contributed by atoms with Crippen molar-refractivity contribution in [3.63, 3.8) is 0 Å². The third kappa shape index (κ3) is 1.90. The average Bonchev–Trinajstić information content (AvgIpc) is 2.30. The Hall–Kier alpha value is -1.86. The van der Waals surface area contributed by atoms with Gasteiger partial charge in [-0.1, -0.05) is 28.1 Å². The van der Waals surface area contributed by atoms with Crippen LogP contribution in [0.1, 0.15) is 5.56 Å². The molecule has 1 heterocycles. The molecule has 16 heavy (non-hydrogen) atoms. The first-order chi connectivity index (χ1) is 7.72. The zero-order chi connectivity index (χ0) is 11.5. The van der Waals surface area contributed by atoms with E-state index < -0.39 is 0 Å². The molecule has 0 radical (unpaired) electrons. The van der Waals surface area contributed by atoms with Gasteiger partial charge in [-0.2, -0.15) is 5.26 Å². The number of rotatable bonds is 1. The highest BCUT2D eigenvalue weighted by Gasteiger charge is 2.08. The lowest BCUT2D eigenvalue weighted by Crippen LogP contribution is -1.96. The van der Waals surface area contributed by atoms with Gasteiger partial charge in [0.15, 0.2) is 0 Å². The molecule has 0 spiro atoms. The first kappa shape index (κ1) is 10.7. The summed E-state index contributed by atoms with van der Waals surface area (Å²) >= 11 is 3.37. The Morgan fingerprint density at radius 3 is 2.50 bits per heavy atom. The minimum Gasteiger partial charge on any atom is -0.383 e. The number of anilines is 1. The van der Waals surface area contributed by atoms with E-state index in [2.05, 4.69) is 27.0 Å². The van der Waals surface area contributed by atoms with Crippen LogP contribution in [0.4, 0.5) is 5.82 Å². The van der Waals surface area contributed by atoms with Crippen molar-refractivity contribution in [3.8, 4) is 17.2 Å². The second-order valence-electron chi connectivity index (χ2n) is 3.24. The summed E-state index contributed by atoms with van der Waals surface area (Å²) in [5.41, 5.74) is 7.84. The van der Waals surface area contributed by atoms with Crippen LogP contribution in [0, 0.1) is 11.3 Å². The van der Waals surface area contributed by atoms with E-state index in [9.17, 15) is 0 Å². The lowest BCUT2D eigenvalue weighted by Gasteiger charge is -2.05. The summed E-state index contributed by atoms with van der Waals surface area (Å²) in [5.74, 6) is 0.267. The number of nitrogens with two attached hydrogens (primary N) is 1. The third-order valence-corrected chi connectivity index (χ3v) is 2.78. The van der Waals surface area contributed by atoms with Crippen molar-refractivity contribution in [1.82, 2.24) is 4.98 Å². The molecule has 2 N–H and O–H groups in total. The molecular formula is C12H8BrN3. The van der Waals surface area contributed by atoms with Crippen LogP contribution >= 0.6 is 15.9 Å². The van der Waals surface area contributed by atoms with Gasteiger partial charge in [-0.25, -0.2) is 4.98 Å². The van der Waals surface area contributed by atoms with Crippen molar-refractivity contribution in [3.05, 3.63) is 46.6 Å². The molecule has 0 atom stereocenters. The normalized spacial score (nSPS) is 9.75. The zero-order valence-corrected chi connectivity index (χ0v) is 9.90. The average molecular weight is 274 g/mol. The Balaban J connectivity index is 2.61. The Morgan fingerprint density at radius 2 is 1.88 bits per heavy atom. The van der Waals surface area contributed by atoms with E-state index in [1.165, 1.54) is 0 Å². The number of nitriles is 1. The number of nitrogen functional groups attached to an aromatic ring is 1. The van der Waals surface area contributed by atoms with E-state index in [4.69, 9.17) is 11.0 Å². The second-order valence-corrected chi connectivity index (χ2v) is 4.15. The van der Waals surface area contributed by atoms with Gasteiger partial charge in [-0.3, -0.25) is 0 Å². The van der Waals surface area contributed by atoms with Crippen molar-refractivity contribution in [1.29, 1.82) is 5.26 Å². The highest BCUT2D eigenvalue weighted by atomic mass is 79.9. The molecule has 0 fully saturated rings. The second kappa shape index (κ2) is 4.33. The summed E-state index contributed by atoms with van der Waals surface area (Å²) in [6, 6.07) is 11.6. The van der Waals surface area contributed by atoms with Crippen molar-refractivity contribution in [2.24, 2.45) is 0 Å². The lowest BCUT2D eigenvalue weighted by molar-refractivity contribution is 1.31. The van der Waals surface area contributed by atoms with Crippen LogP contribution < -0.4 is 5.73 Å². The van der Waals surface area contributed by atoms with E-state index >= 15 is 0 Å². The topological polar surface area (TPSA) is 62.7 Å². The first-order valence-corrected chi connectivity index (χ1v) is 5.42. The molecule has 0 aliphatic heterocycles. The molecule has 0 aliphatic rings. The molecule has 0 bridgehead atoms. The highest BCUT2D eigenvalue weighted by molar-refractivity contribution is 9.10. The number of aromatic nitrogens is 1. The van der Waals surface area contributed by atoms with Crippen LogP contribution in [0.3, 0.4) is 0 Å². The molecule has 0 saturated carbocycles. The summed E-state index contributed by atoms with van der Waals surface area (Å²) in [7, 11) is 0. The molecular weight excluding hydrogens is 266 g/mol. The molecule has 4 heteroatoms. The van der Waals surface area contributed by atoms with E-state index in [1.54, 1.807) is 12.3 Å². The number of benzene rings is 1. The number of hydrogen-bond donors (Lipinski definition) is 1. The van der Waals surface area contributed by atoms with Gasteiger partial charge in [0.25, 0.3) is 0 Å². The summed E-state index contributed by atoms with van der Waals surface area (Å²) < 4.78 is 0.997. The van der Waals surface area contributed by atoms with E-state index in [0.717, 1.165) is 15.6 Å². The van der Waals surface area contributed by atoms with Crippen LogP contribution in [0.5, 0.6) is 0 Å². The van der Waals surface area contributed by atoms with Gasteiger partial charge >= 0.3 is 0 Å². The van der Waals surface area contributed by atoms with Crippen molar-refractivity contribution >= 4 is 21.7 Å². The number of nitrogens with zero attached hydrogens (tertiary/aromatic N) is 2. The van der Waals surface area contributed by atoms with Crippen LogP contribution in [0.15, 0.2) is 41.0 Å². The molecule has 0 saturated heterocycles. The standard InChI is InChI=1S/C12H8BrN3/c13-9-3-1-8(2-4-9)10-5-6-16-12(15)11(10)7-14/h1-6H,(H2,15,16). The Kier molecular flexibility index (Phi) is 2.88. The number of hydrogen-bond acceptors (Lipinski definition) is 3. The Morgan fingerprint density at radius 1 is 1.19 bits per heavy atom. The lowest BCUT2D eigenvalue weighted by atomic mass is 10.0. The van der Waals surface area contributed by atoms with Gasteiger partial charge in [0, 0.05) is 16.2 Å². The van der Waals surface area contributed by atoms with Crippen LogP contribution in [0.2, 0.25) is 0 Å². The van der Waals surface area contributed by atoms with E-state index in [-0.39, 0.29) is 5.82 Å². The molecule has 1 aromatic heterocycles. The fraction of sp³-hybridized carbons (Fsp3) is 0. The van der Waals surface area contributed by atoms with Crippen molar-refractivity contribution < 1.29 is 0 Å². The zero-order valence-electron chi connectivity index (χ0n) is 8.31. The predicted molar refractivity (Wildman–Crippen MR) is 66.5 cm³/mol. The maximum absolute atomic E-state index is 9.04. The monoisotopic (exact) mass is 273 g/mol. The summed E-state index contributed by atoms with van der Waals surface area (Å²) in [5, 5.41) is 9.04. The quantitative estimate of drug-likeness (QED) is 0.869. The Labute approximate surface area is 102 Å². The number of pyridine rings is 1. The van der Waals surface area contributed by atoms with E-state index in [1.807, 2.05) is 24.3 Å². The van der Waals surface area contributed by atoms with Crippen LogP contribution in [-0.4, -0.2) is 4.98 Å². The maximum atomic E-state index is 9.04. The predicted octanol–water partition coefficient (Wildman–Crippen LogP) is 2.96. The molecule has 0 unspecified atom stereocenters. The Bertz CT molecular complexity index is 555. The minimum absolute atomic E-state index is 0.267. The van der Waals surface area contributed by atoms with Gasteiger partial charge < -0.3 is 5.73 Å². The fourth-order valence-electron chi connectivity index (χ4n) is 1.47. The highest BCUT2D eigenvalue weighted by Crippen LogP contribution is 2.26. The summed E-state index contributed by atoms with van der Waals surface area (Å²) in [4.78, 5) is 3.90. The maximum Gasteiger partial charge on any atom is 0.141 e. The molecule has 78 valence electrons. The van der Waals surface area contributed by atoms with Crippen molar-refractivity contribution in [2.45, 2.75) is 0 Å². The third-order valence-electron chi connectivity index (χ3n) is 2.25.